The van der Waals surface area contributed by atoms with Crippen LogP contribution in [0, 0.1) is 5.92 Å². The van der Waals surface area contributed by atoms with E-state index >= 15 is 0 Å². The molecule has 1 amide bonds. The Bertz CT molecular complexity index is 263. The summed E-state index contributed by atoms with van der Waals surface area (Å²) in [6.45, 7) is 10.1. The topological polar surface area (TPSA) is 57.6 Å². The number of carbonyl (C=O) groups excluding carboxylic acids is 1. The van der Waals surface area contributed by atoms with E-state index in [4.69, 9.17) is 5.11 Å². The molecule has 0 aromatic rings. The van der Waals surface area contributed by atoms with Crippen molar-refractivity contribution < 1.29 is 14.7 Å². The molecule has 0 aliphatic heterocycles. The van der Waals surface area contributed by atoms with E-state index in [2.05, 4.69) is 13.8 Å². The van der Waals surface area contributed by atoms with Crippen LogP contribution in [0.2, 0.25) is 0 Å². The normalized spacial score (nSPS) is 14.5. The van der Waals surface area contributed by atoms with E-state index in [9.17, 15) is 9.59 Å². The lowest BCUT2D eigenvalue weighted by molar-refractivity contribution is -0.146. The van der Waals surface area contributed by atoms with Crippen LogP contribution in [0.5, 0.6) is 0 Å². The van der Waals surface area contributed by atoms with Crippen molar-refractivity contribution in [3.8, 4) is 0 Å². The first-order valence-electron chi connectivity index (χ1n) is 6.34. The van der Waals surface area contributed by atoms with Crippen molar-refractivity contribution in [1.29, 1.82) is 0 Å². The fourth-order valence-electron chi connectivity index (χ4n) is 2.18. The molecule has 0 rings (SSSR count). The second-order valence-corrected chi connectivity index (χ2v) is 4.97. The molecule has 0 fully saturated rings. The highest BCUT2D eigenvalue weighted by molar-refractivity contribution is 5.93. The van der Waals surface area contributed by atoms with Crippen molar-refractivity contribution in [3.63, 3.8) is 0 Å². The second kappa shape index (κ2) is 7.30. The minimum Gasteiger partial charge on any atom is -0.481 e. The van der Waals surface area contributed by atoms with Crippen LogP contribution in [-0.2, 0) is 9.59 Å². The smallest absolute Gasteiger partial charge is 0.312 e. The SMILES string of the molecule is CCC[C@@H](C)[C@H](C)N(C(=O)CC(=O)O)C(C)C. The molecule has 0 unspecified atom stereocenters. The summed E-state index contributed by atoms with van der Waals surface area (Å²) in [6.07, 6.45) is 1.71. The van der Waals surface area contributed by atoms with Crippen LogP contribution >= 0.6 is 0 Å². The lowest BCUT2D eigenvalue weighted by Crippen LogP contribution is -2.46. The number of hydrogen-bond donors (Lipinski definition) is 1. The lowest BCUT2D eigenvalue weighted by atomic mass is 9.95. The van der Waals surface area contributed by atoms with Gasteiger partial charge in [-0.2, -0.15) is 0 Å². The molecule has 0 aliphatic carbocycles. The Hall–Kier alpha value is -1.06. The number of rotatable bonds is 7. The highest BCUT2D eigenvalue weighted by Crippen LogP contribution is 2.19. The molecule has 0 aromatic carbocycles. The van der Waals surface area contributed by atoms with E-state index in [1.807, 2.05) is 20.8 Å². The predicted molar refractivity (Wildman–Crippen MR) is 67.8 cm³/mol. The van der Waals surface area contributed by atoms with Gasteiger partial charge in [0.2, 0.25) is 5.91 Å². The molecule has 0 heterocycles. The Labute approximate surface area is 104 Å². The monoisotopic (exact) mass is 243 g/mol. The van der Waals surface area contributed by atoms with Crippen molar-refractivity contribution in [1.82, 2.24) is 4.90 Å². The van der Waals surface area contributed by atoms with Crippen LogP contribution < -0.4 is 0 Å². The van der Waals surface area contributed by atoms with Crippen molar-refractivity contribution in [2.75, 3.05) is 0 Å². The molecule has 2 atom stereocenters. The number of carboxylic acids is 1. The number of carboxylic acid groups (broad SMARTS) is 1. The summed E-state index contributed by atoms with van der Waals surface area (Å²) in [5.41, 5.74) is 0. The molecular formula is C13H25NO3. The molecule has 0 bridgehead atoms. The number of aliphatic carboxylic acids is 1. The fraction of sp³-hybridized carbons (Fsp3) is 0.846. The van der Waals surface area contributed by atoms with Gasteiger partial charge in [-0.1, -0.05) is 20.3 Å². The number of nitrogens with zero attached hydrogens (tertiary/aromatic N) is 1. The molecular weight excluding hydrogens is 218 g/mol. The third kappa shape index (κ3) is 5.20. The van der Waals surface area contributed by atoms with E-state index in [0.717, 1.165) is 12.8 Å². The number of carbonyl (C=O) groups is 2. The predicted octanol–water partition coefficient (Wildman–Crippen LogP) is 2.52. The fourth-order valence-corrected chi connectivity index (χ4v) is 2.18. The Morgan fingerprint density at radius 1 is 1.18 bits per heavy atom. The van der Waals surface area contributed by atoms with Crippen LogP contribution in [0.3, 0.4) is 0 Å². The molecule has 1 N–H and O–H groups in total. The molecule has 0 aromatic heterocycles. The maximum absolute atomic E-state index is 11.9. The summed E-state index contributed by atoms with van der Waals surface area (Å²) < 4.78 is 0. The molecule has 100 valence electrons. The maximum Gasteiger partial charge on any atom is 0.312 e. The molecule has 4 nitrogen and oxygen atoms in total. The zero-order valence-electron chi connectivity index (χ0n) is 11.6. The van der Waals surface area contributed by atoms with E-state index in [-0.39, 0.29) is 18.0 Å². The minimum absolute atomic E-state index is 0.0381. The first kappa shape index (κ1) is 15.9. The average molecular weight is 243 g/mol. The quantitative estimate of drug-likeness (QED) is 0.699. The largest absolute Gasteiger partial charge is 0.481 e. The van der Waals surface area contributed by atoms with E-state index in [1.165, 1.54) is 0 Å². The summed E-state index contributed by atoms with van der Waals surface area (Å²) in [5, 5.41) is 8.69. The van der Waals surface area contributed by atoms with E-state index in [1.54, 1.807) is 4.90 Å². The Morgan fingerprint density at radius 3 is 2.06 bits per heavy atom. The van der Waals surface area contributed by atoms with Crippen molar-refractivity contribution in [2.45, 2.75) is 66.0 Å². The van der Waals surface area contributed by atoms with Crippen LogP contribution in [0.4, 0.5) is 0 Å². The molecule has 17 heavy (non-hydrogen) atoms. The van der Waals surface area contributed by atoms with Crippen LogP contribution in [-0.4, -0.2) is 34.0 Å². The Kier molecular flexibility index (Phi) is 6.85. The molecule has 0 saturated carbocycles. The van der Waals surface area contributed by atoms with Gasteiger partial charge in [0.15, 0.2) is 0 Å². The first-order valence-corrected chi connectivity index (χ1v) is 6.34. The van der Waals surface area contributed by atoms with Gasteiger partial charge >= 0.3 is 5.97 Å². The molecule has 0 aliphatic rings. The summed E-state index contributed by atoms with van der Waals surface area (Å²) in [7, 11) is 0. The second-order valence-electron chi connectivity index (χ2n) is 4.97. The molecule has 0 radical (unpaired) electrons. The average Bonchev–Trinajstić information content (AvgIpc) is 2.15. The van der Waals surface area contributed by atoms with Crippen molar-refractivity contribution in [3.05, 3.63) is 0 Å². The Balaban J connectivity index is 4.72. The molecule has 0 spiro atoms. The third-order valence-corrected chi connectivity index (χ3v) is 3.15. The van der Waals surface area contributed by atoms with Crippen LogP contribution in [0.15, 0.2) is 0 Å². The van der Waals surface area contributed by atoms with Crippen LogP contribution in [0.1, 0.15) is 53.9 Å². The van der Waals surface area contributed by atoms with Gasteiger partial charge in [0.25, 0.3) is 0 Å². The van der Waals surface area contributed by atoms with E-state index < -0.39 is 12.4 Å². The standard InChI is InChI=1S/C13H25NO3/c1-6-7-10(4)11(5)14(9(2)3)12(15)8-13(16)17/h9-11H,6-8H2,1-5H3,(H,16,17)/t10-,11+/m1/s1. The van der Waals surface area contributed by atoms with Crippen LogP contribution in [0.25, 0.3) is 0 Å². The van der Waals surface area contributed by atoms with Crippen molar-refractivity contribution >= 4 is 11.9 Å². The maximum atomic E-state index is 11.9. The molecule has 4 heteroatoms. The van der Waals surface area contributed by atoms with Gasteiger partial charge < -0.3 is 10.0 Å². The highest BCUT2D eigenvalue weighted by atomic mass is 16.4. The van der Waals surface area contributed by atoms with Crippen molar-refractivity contribution in [2.24, 2.45) is 5.92 Å². The van der Waals surface area contributed by atoms with Gasteiger partial charge in [0.05, 0.1) is 0 Å². The summed E-state index contributed by atoms with van der Waals surface area (Å²) in [4.78, 5) is 24.2. The number of amides is 1. The van der Waals surface area contributed by atoms with Gasteiger partial charge in [-0.05, 0) is 33.1 Å². The summed E-state index contributed by atoms with van der Waals surface area (Å²) in [5.74, 6) is -0.959. The van der Waals surface area contributed by atoms with Gasteiger partial charge in [0, 0.05) is 12.1 Å². The lowest BCUT2D eigenvalue weighted by Gasteiger charge is -2.36. The third-order valence-electron chi connectivity index (χ3n) is 3.15. The van der Waals surface area contributed by atoms with Gasteiger partial charge in [-0.25, -0.2) is 0 Å². The van der Waals surface area contributed by atoms with Gasteiger partial charge in [0.1, 0.15) is 6.42 Å². The van der Waals surface area contributed by atoms with Gasteiger partial charge in [-0.15, -0.1) is 0 Å². The Morgan fingerprint density at radius 2 is 1.71 bits per heavy atom. The van der Waals surface area contributed by atoms with Gasteiger partial charge in [-0.3, -0.25) is 9.59 Å². The zero-order chi connectivity index (χ0) is 13.6. The first-order chi connectivity index (χ1) is 7.81. The van der Waals surface area contributed by atoms with E-state index in [0.29, 0.717) is 5.92 Å². The molecule has 0 saturated heterocycles. The number of hydrogen-bond acceptors (Lipinski definition) is 2. The minimum atomic E-state index is -1.06. The summed E-state index contributed by atoms with van der Waals surface area (Å²) in [6, 6.07) is 0.123. The highest BCUT2D eigenvalue weighted by Gasteiger charge is 2.27. The summed E-state index contributed by atoms with van der Waals surface area (Å²) >= 11 is 0. The zero-order valence-corrected chi connectivity index (χ0v) is 11.6.